The number of rotatable bonds is 6. The Morgan fingerprint density at radius 1 is 0.964 bits per heavy atom. The van der Waals surface area contributed by atoms with Gasteiger partial charge in [0.15, 0.2) is 6.61 Å². The molecule has 0 aliphatic carbocycles. The number of likely N-dealkylation sites (N-methyl/N-ethyl adjacent to an activating group) is 1. The van der Waals surface area contributed by atoms with Crippen LogP contribution in [0.5, 0.6) is 11.5 Å². The van der Waals surface area contributed by atoms with E-state index in [0.717, 1.165) is 11.6 Å². The maximum absolute atomic E-state index is 12.4. The molecule has 0 bridgehead atoms. The summed E-state index contributed by atoms with van der Waals surface area (Å²) < 4.78 is 5.09. The highest BCUT2D eigenvalue weighted by atomic mass is 16.5. The Morgan fingerprint density at radius 2 is 1.61 bits per heavy atom. The van der Waals surface area contributed by atoms with Crippen molar-refractivity contribution >= 4 is 22.6 Å². The van der Waals surface area contributed by atoms with Gasteiger partial charge in [-0.1, -0.05) is 54.6 Å². The summed E-state index contributed by atoms with van der Waals surface area (Å²) in [6.07, 6.45) is 0. The zero-order valence-electron chi connectivity index (χ0n) is 15.5. The Morgan fingerprint density at radius 3 is 2.29 bits per heavy atom. The number of hydrogen-bond donors (Lipinski definition) is 2. The van der Waals surface area contributed by atoms with E-state index in [1.54, 1.807) is 29.2 Å². The summed E-state index contributed by atoms with van der Waals surface area (Å²) in [5.41, 5.74) is 0.788. The smallest absolute Gasteiger partial charge is 0.342 e. The number of ether oxygens (including phenoxy) is 1. The first-order valence-electron chi connectivity index (χ1n) is 8.93. The number of nitrogens with zero attached hydrogens (tertiary/aromatic N) is 1. The van der Waals surface area contributed by atoms with Crippen LogP contribution in [0, 0.1) is 0 Å². The zero-order chi connectivity index (χ0) is 20.1. The molecule has 0 aliphatic rings. The number of phenols is 2. The summed E-state index contributed by atoms with van der Waals surface area (Å²) in [5.74, 6) is -1.65. The molecular formula is C22H21NO5. The van der Waals surface area contributed by atoms with E-state index in [1.165, 1.54) is 0 Å². The Balaban J connectivity index is 1.70. The van der Waals surface area contributed by atoms with Crippen molar-refractivity contribution in [1.29, 1.82) is 0 Å². The van der Waals surface area contributed by atoms with Crippen molar-refractivity contribution in [3.8, 4) is 11.5 Å². The van der Waals surface area contributed by atoms with Gasteiger partial charge in [0.25, 0.3) is 5.91 Å². The number of esters is 1. The van der Waals surface area contributed by atoms with Crippen LogP contribution in [0.2, 0.25) is 0 Å². The predicted molar refractivity (Wildman–Crippen MR) is 105 cm³/mol. The molecule has 0 saturated carbocycles. The van der Waals surface area contributed by atoms with Crippen LogP contribution < -0.4 is 0 Å². The Labute approximate surface area is 162 Å². The SMILES string of the molecule is CCN(Cc1ccccc1)C(=O)COC(=O)c1cc(O)c2ccccc2c1O. The van der Waals surface area contributed by atoms with Crippen LogP contribution in [0.25, 0.3) is 10.8 Å². The van der Waals surface area contributed by atoms with E-state index in [0.29, 0.717) is 23.9 Å². The molecule has 0 atom stereocenters. The normalized spacial score (nSPS) is 10.6. The first-order chi connectivity index (χ1) is 13.5. The quantitative estimate of drug-likeness (QED) is 0.506. The molecule has 3 aromatic rings. The van der Waals surface area contributed by atoms with Crippen LogP contribution in [0.4, 0.5) is 0 Å². The second-order valence-electron chi connectivity index (χ2n) is 6.31. The van der Waals surface area contributed by atoms with Crippen LogP contribution in [0.15, 0.2) is 60.7 Å². The van der Waals surface area contributed by atoms with Crippen LogP contribution in [-0.4, -0.2) is 40.1 Å². The molecule has 3 aromatic carbocycles. The van der Waals surface area contributed by atoms with Crippen LogP contribution in [0.3, 0.4) is 0 Å². The summed E-state index contributed by atoms with van der Waals surface area (Å²) >= 11 is 0. The van der Waals surface area contributed by atoms with E-state index < -0.39 is 12.6 Å². The highest BCUT2D eigenvalue weighted by molar-refractivity contribution is 6.04. The van der Waals surface area contributed by atoms with Crippen molar-refractivity contribution in [3.05, 3.63) is 71.8 Å². The molecule has 0 fully saturated rings. The molecular weight excluding hydrogens is 358 g/mol. The Kier molecular flexibility index (Phi) is 5.79. The van der Waals surface area contributed by atoms with Gasteiger partial charge in [0.2, 0.25) is 0 Å². The topological polar surface area (TPSA) is 87.1 Å². The number of carbonyl (C=O) groups excluding carboxylic acids is 2. The maximum atomic E-state index is 12.4. The lowest BCUT2D eigenvalue weighted by Crippen LogP contribution is -2.34. The van der Waals surface area contributed by atoms with Gasteiger partial charge in [-0.2, -0.15) is 0 Å². The van der Waals surface area contributed by atoms with Crippen molar-refractivity contribution < 1.29 is 24.5 Å². The third-order valence-corrected chi connectivity index (χ3v) is 4.49. The molecule has 0 aromatic heterocycles. The van der Waals surface area contributed by atoms with E-state index in [4.69, 9.17) is 4.74 Å². The van der Waals surface area contributed by atoms with Crippen molar-refractivity contribution in [3.63, 3.8) is 0 Å². The minimum Gasteiger partial charge on any atom is -0.507 e. The summed E-state index contributed by atoms with van der Waals surface area (Å²) in [4.78, 5) is 26.4. The van der Waals surface area contributed by atoms with Crippen LogP contribution in [0.1, 0.15) is 22.8 Å². The van der Waals surface area contributed by atoms with Crippen LogP contribution in [-0.2, 0) is 16.1 Å². The van der Waals surface area contributed by atoms with Gasteiger partial charge in [0, 0.05) is 23.9 Å². The zero-order valence-corrected chi connectivity index (χ0v) is 15.5. The average molecular weight is 379 g/mol. The van der Waals surface area contributed by atoms with E-state index in [2.05, 4.69) is 0 Å². The third-order valence-electron chi connectivity index (χ3n) is 4.49. The monoisotopic (exact) mass is 379 g/mol. The lowest BCUT2D eigenvalue weighted by atomic mass is 10.0. The van der Waals surface area contributed by atoms with Crippen molar-refractivity contribution in [2.45, 2.75) is 13.5 Å². The second kappa shape index (κ2) is 8.43. The van der Waals surface area contributed by atoms with E-state index >= 15 is 0 Å². The average Bonchev–Trinajstić information content (AvgIpc) is 2.73. The lowest BCUT2D eigenvalue weighted by Gasteiger charge is -2.21. The molecule has 0 unspecified atom stereocenters. The summed E-state index contributed by atoms with van der Waals surface area (Å²) in [6, 6.07) is 17.3. The minimum atomic E-state index is -0.873. The number of amides is 1. The van der Waals surface area contributed by atoms with Crippen molar-refractivity contribution in [2.24, 2.45) is 0 Å². The van der Waals surface area contributed by atoms with Crippen LogP contribution >= 0.6 is 0 Å². The number of hydrogen-bond acceptors (Lipinski definition) is 5. The standard InChI is InChI=1S/C22H21NO5/c1-2-23(13-15-8-4-3-5-9-15)20(25)14-28-22(27)18-12-19(24)16-10-6-7-11-17(16)21(18)26/h3-12,24,26H,2,13-14H2,1H3. The first kappa shape index (κ1) is 19.2. The molecule has 6 heteroatoms. The van der Waals surface area contributed by atoms with Gasteiger partial charge in [0.05, 0.1) is 0 Å². The molecule has 28 heavy (non-hydrogen) atoms. The van der Waals surface area contributed by atoms with Gasteiger partial charge in [-0.05, 0) is 18.6 Å². The van der Waals surface area contributed by atoms with E-state index in [9.17, 15) is 19.8 Å². The molecule has 0 heterocycles. The number of fused-ring (bicyclic) bond motifs is 1. The highest BCUT2D eigenvalue weighted by Crippen LogP contribution is 2.35. The second-order valence-corrected chi connectivity index (χ2v) is 6.31. The highest BCUT2D eigenvalue weighted by Gasteiger charge is 2.20. The molecule has 2 N–H and O–H groups in total. The van der Waals surface area contributed by atoms with Gasteiger partial charge in [-0.25, -0.2) is 4.79 Å². The third kappa shape index (κ3) is 4.06. The van der Waals surface area contributed by atoms with Gasteiger partial charge >= 0.3 is 5.97 Å². The van der Waals surface area contributed by atoms with Gasteiger partial charge in [-0.15, -0.1) is 0 Å². The Bertz CT molecular complexity index is 1000. The fraction of sp³-hybridized carbons (Fsp3) is 0.182. The molecule has 0 saturated heterocycles. The predicted octanol–water partition coefficient (Wildman–Crippen LogP) is 3.46. The minimum absolute atomic E-state index is 0.147. The summed E-state index contributed by atoms with van der Waals surface area (Å²) in [6.45, 7) is 2.27. The molecule has 0 spiro atoms. The molecule has 6 nitrogen and oxygen atoms in total. The lowest BCUT2D eigenvalue weighted by molar-refractivity contribution is -0.134. The van der Waals surface area contributed by atoms with Crippen molar-refractivity contribution in [1.82, 2.24) is 4.90 Å². The number of carbonyl (C=O) groups is 2. The van der Waals surface area contributed by atoms with Crippen molar-refractivity contribution in [2.75, 3.05) is 13.2 Å². The Hall–Kier alpha value is -3.54. The molecule has 0 aliphatic heterocycles. The largest absolute Gasteiger partial charge is 0.507 e. The number of benzene rings is 3. The maximum Gasteiger partial charge on any atom is 0.342 e. The molecule has 0 radical (unpaired) electrons. The molecule has 1 amide bonds. The van der Waals surface area contributed by atoms with Gasteiger partial charge < -0.3 is 19.8 Å². The fourth-order valence-electron chi connectivity index (χ4n) is 2.97. The summed E-state index contributed by atoms with van der Waals surface area (Å²) in [7, 11) is 0. The fourth-order valence-corrected chi connectivity index (χ4v) is 2.97. The molecule has 3 rings (SSSR count). The van der Waals surface area contributed by atoms with Gasteiger partial charge in [-0.3, -0.25) is 4.79 Å². The summed E-state index contributed by atoms with van der Waals surface area (Å²) in [5, 5.41) is 21.2. The number of phenolic OH excluding ortho intramolecular Hbond substituents is 2. The molecule has 144 valence electrons. The van der Waals surface area contributed by atoms with E-state index in [-0.39, 0.29) is 23.0 Å². The number of aromatic hydroxyl groups is 2. The first-order valence-corrected chi connectivity index (χ1v) is 8.93. The van der Waals surface area contributed by atoms with Gasteiger partial charge in [0.1, 0.15) is 17.1 Å². The van der Waals surface area contributed by atoms with E-state index in [1.807, 2.05) is 37.3 Å².